The van der Waals surface area contributed by atoms with E-state index in [9.17, 15) is 9.59 Å². The number of Topliss-reactive ketones (excluding diaryl/α,β-unsaturated/α-hetero) is 1. The van der Waals surface area contributed by atoms with Crippen LogP contribution >= 0.6 is 46.4 Å². The van der Waals surface area contributed by atoms with Crippen LogP contribution in [0.1, 0.15) is 33.0 Å². The number of ketones is 1. The molecule has 0 aromatic heterocycles. The van der Waals surface area contributed by atoms with Crippen molar-refractivity contribution in [3.63, 3.8) is 0 Å². The second-order valence-corrected chi connectivity index (χ2v) is 10.4. The van der Waals surface area contributed by atoms with E-state index in [4.69, 9.17) is 52.1 Å². The van der Waals surface area contributed by atoms with Crippen LogP contribution in [0.25, 0.3) is 0 Å². The van der Waals surface area contributed by atoms with Crippen molar-refractivity contribution in [1.82, 2.24) is 0 Å². The number of nitrogens with two attached hydrogens (primary N) is 1. The highest BCUT2D eigenvalue weighted by Crippen LogP contribution is 2.65. The molecule has 170 valence electrons. The number of hydrogen-bond acceptors (Lipinski definition) is 3. The van der Waals surface area contributed by atoms with Crippen molar-refractivity contribution in [2.45, 2.75) is 23.6 Å². The molecule has 3 aromatic rings. The molecular formula is C25H20Cl4N2O2. The van der Waals surface area contributed by atoms with Gasteiger partial charge in [0.1, 0.15) is 4.33 Å². The van der Waals surface area contributed by atoms with Crippen molar-refractivity contribution in [2.24, 2.45) is 5.92 Å². The molecule has 3 N–H and O–H groups in total. The second-order valence-electron chi connectivity index (χ2n) is 8.16. The van der Waals surface area contributed by atoms with Gasteiger partial charge in [-0.2, -0.15) is 0 Å². The summed E-state index contributed by atoms with van der Waals surface area (Å²) in [5.74, 6) is -1.50. The first kappa shape index (κ1) is 23.9. The number of amides is 1. The highest BCUT2D eigenvalue weighted by molar-refractivity contribution is 6.53. The average Bonchev–Trinajstić information content (AvgIpc) is 3.34. The molecule has 0 saturated heterocycles. The molecular weight excluding hydrogens is 502 g/mol. The topological polar surface area (TPSA) is 72.2 Å². The minimum Gasteiger partial charge on any atom is -0.399 e. The number of aryl methyl sites for hydroxylation is 1. The van der Waals surface area contributed by atoms with Crippen molar-refractivity contribution in [3.05, 3.63) is 93.0 Å². The van der Waals surface area contributed by atoms with E-state index in [0.717, 1.165) is 16.7 Å². The molecule has 1 fully saturated rings. The maximum Gasteiger partial charge on any atom is 0.231 e. The summed E-state index contributed by atoms with van der Waals surface area (Å²) in [5.41, 5.74) is 10.0. The Bertz CT molecular complexity index is 1260. The van der Waals surface area contributed by atoms with E-state index in [1.165, 1.54) is 0 Å². The highest BCUT2D eigenvalue weighted by Gasteiger charge is 2.67. The first-order valence-corrected chi connectivity index (χ1v) is 11.7. The Morgan fingerprint density at radius 2 is 1.76 bits per heavy atom. The van der Waals surface area contributed by atoms with E-state index in [-0.39, 0.29) is 18.1 Å². The van der Waals surface area contributed by atoms with Crippen molar-refractivity contribution < 1.29 is 9.59 Å². The number of benzene rings is 3. The number of anilines is 2. The molecule has 33 heavy (non-hydrogen) atoms. The number of nitrogen functional groups attached to an aromatic ring is 1. The zero-order chi connectivity index (χ0) is 23.9. The van der Waals surface area contributed by atoms with Gasteiger partial charge in [0.15, 0.2) is 5.78 Å². The van der Waals surface area contributed by atoms with E-state index in [1.54, 1.807) is 48.5 Å². The van der Waals surface area contributed by atoms with Crippen LogP contribution in [-0.2, 0) is 11.2 Å². The molecule has 0 radical (unpaired) electrons. The van der Waals surface area contributed by atoms with E-state index >= 15 is 0 Å². The Balaban J connectivity index is 1.47. The van der Waals surface area contributed by atoms with Crippen LogP contribution in [0.3, 0.4) is 0 Å². The molecule has 2 atom stereocenters. The number of carbonyl (C=O) groups is 2. The van der Waals surface area contributed by atoms with Gasteiger partial charge in [0, 0.05) is 29.3 Å². The first-order chi connectivity index (χ1) is 15.6. The third-order valence-electron chi connectivity index (χ3n) is 5.81. The van der Waals surface area contributed by atoms with Crippen molar-refractivity contribution in [3.8, 4) is 0 Å². The summed E-state index contributed by atoms with van der Waals surface area (Å²) >= 11 is 24.9. The van der Waals surface area contributed by atoms with E-state index in [2.05, 4.69) is 5.32 Å². The van der Waals surface area contributed by atoms with Gasteiger partial charge < -0.3 is 11.1 Å². The minimum atomic E-state index is -1.26. The van der Waals surface area contributed by atoms with Crippen LogP contribution in [0.4, 0.5) is 11.4 Å². The predicted molar refractivity (Wildman–Crippen MR) is 136 cm³/mol. The van der Waals surface area contributed by atoms with Gasteiger partial charge in [0.25, 0.3) is 0 Å². The maximum absolute atomic E-state index is 12.9. The Hall–Kier alpha value is -2.24. The van der Waals surface area contributed by atoms with Gasteiger partial charge in [-0.05, 0) is 60.0 Å². The smallest absolute Gasteiger partial charge is 0.231 e. The van der Waals surface area contributed by atoms with Crippen LogP contribution < -0.4 is 11.1 Å². The van der Waals surface area contributed by atoms with Crippen molar-refractivity contribution in [1.29, 1.82) is 0 Å². The summed E-state index contributed by atoms with van der Waals surface area (Å²) in [5, 5.41) is 3.60. The summed E-state index contributed by atoms with van der Waals surface area (Å²) in [6.45, 7) is 1.92. The van der Waals surface area contributed by atoms with Crippen LogP contribution in [-0.4, -0.2) is 16.0 Å². The molecule has 1 saturated carbocycles. The number of carbonyl (C=O) groups excluding carboxylic acids is 2. The van der Waals surface area contributed by atoms with Crippen LogP contribution in [0.5, 0.6) is 0 Å². The molecule has 1 amide bonds. The average molecular weight is 522 g/mol. The number of hydrogen-bond donors (Lipinski definition) is 2. The summed E-state index contributed by atoms with van der Waals surface area (Å²) < 4.78 is -1.26. The molecule has 1 aliphatic carbocycles. The molecule has 4 nitrogen and oxygen atoms in total. The molecule has 0 bridgehead atoms. The zero-order valence-corrected chi connectivity index (χ0v) is 20.6. The summed E-state index contributed by atoms with van der Waals surface area (Å²) in [7, 11) is 0. The lowest BCUT2D eigenvalue weighted by molar-refractivity contribution is -0.117. The maximum atomic E-state index is 12.9. The van der Waals surface area contributed by atoms with Gasteiger partial charge in [-0.3, -0.25) is 9.59 Å². The fraction of sp³-hybridized carbons (Fsp3) is 0.200. The van der Waals surface area contributed by atoms with Gasteiger partial charge in [-0.1, -0.05) is 47.5 Å². The molecule has 2 unspecified atom stereocenters. The minimum absolute atomic E-state index is 0.0666. The van der Waals surface area contributed by atoms with Gasteiger partial charge in [0.05, 0.1) is 16.0 Å². The van der Waals surface area contributed by atoms with E-state index in [1.807, 2.05) is 19.1 Å². The monoisotopic (exact) mass is 520 g/mol. The number of halogens is 4. The largest absolute Gasteiger partial charge is 0.399 e. The standard InChI is InChI=1S/C25H20Cl4N2O2/c1-13-9-17(30)7-5-14(13)12-21(32)15-3-2-4-18(10-15)31-24(33)23-22(25(23,28)29)16-6-8-19(26)20(27)11-16/h2-11,22-23H,12,30H2,1H3,(H,31,33). The molecule has 4 rings (SSSR count). The highest BCUT2D eigenvalue weighted by atomic mass is 35.5. The van der Waals surface area contributed by atoms with Crippen LogP contribution in [0.2, 0.25) is 10.0 Å². The molecule has 3 aromatic carbocycles. The van der Waals surface area contributed by atoms with Gasteiger partial charge in [-0.25, -0.2) is 0 Å². The summed E-state index contributed by atoms with van der Waals surface area (Å²) in [6, 6.07) is 17.3. The lowest BCUT2D eigenvalue weighted by atomic mass is 9.99. The van der Waals surface area contributed by atoms with E-state index in [0.29, 0.717) is 27.0 Å². The lowest BCUT2D eigenvalue weighted by Crippen LogP contribution is -2.17. The van der Waals surface area contributed by atoms with E-state index < -0.39 is 16.2 Å². The Morgan fingerprint density at radius 3 is 2.45 bits per heavy atom. The Kier molecular flexibility index (Phi) is 6.66. The third-order valence-corrected chi connectivity index (χ3v) is 7.49. The summed E-state index contributed by atoms with van der Waals surface area (Å²) in [4.78, 5) is 25.8. The Morgan fingerprint density at radius 1 is 1.00 bits per heavy atom. The number of alkyl halides is 2. The lowest BCUT2D eigenvalue weighted by Gasteiger charge is -2.09. The molecule has 0 spiro atoms. The van der Waals surface area contributed by atoms with Crippen molar-refractivity contribution >= 4 is 69.5 Å². The zero-order valence-electron chi connectivity index (χ0n) is 17.5. The quantitative estimate of drug-likeness (QED) is 0.212. The molecule has 0 aliphatic heterocycles. The SMILES string of the molecule is Cc1cc(N)ccc1CC(=O)c1cccc(NC(=O)C2C(c3ccc(Cl)c(Cl)c3)C2(Cl)Cl)c1. The van der Waals surface area contributed by atoms with Gasteiger partial charge >= 0.3 is 0 Å². The van der Waals surface area contributed by atoms with Crippen LogP contribution in [0.15, 0.2) is 60.7 Å². The molecule has 0 heterocycles. The third kappa shape index (κ3) is 4.99. The predicted octanol–water partition coefficient (Wildman–Crippen LogP) is 6.84. The normalized spacial score (nSPS) is 18.6. The number of rotatable bonds is 6. The van der Waals surface area contributed by atoms with Gasteiger partial charge in [0.2, 0.25) is 5.91 Å². The fourth-order valence-corrected chi connectivity index (χ4v) is 5.09. The molecule has 1 aliphatic rings. The van der Waals surface area contributed by atoms with Crippen molar-refractivity contribution in [2.75, 3.05) is 11.1 Å². The summed E-state index contributed by atoms with van der Waals surface area (Å²) in [6.07, 6.45) is 0.234. The molecule has 8 heteroatoms. The van der Waals surface area contributed by atoms with Gasteiger partial charge in [-0.15, -0.1) is 23.2 Å². The van der Waals surface area contributed by atoms with Crippen LogP contribution in [0, 0.1) is 12.8 Å². The second kappa shape index (κ2) is 9.19. The number of nitrogens with one attached hydrogen (secondary N) is 1. The Labute approximate surface area is 212 Å². The fourth-order valence-electron chi connectivity index (χ4n) is 3.96. The first-order valence-electron chi connectivity index (χ1n) is 10.2.